The number of nitrogens with one attached hydrogen (secondary N) is 1. The third-order valence-corrected chi connectivity index (χ3v) is 5.16. The average molecular weight is 468 g/mol. The van der Waals surface area contributed by atoms with Crippen LogP contribution in [-0.4, -0.2) is 31.7 Å². The van der Waals surface area contributed by atoms with Gasteiger partial charge in [0.25, 0.3) is 5.91 Å². The summed E-state index contributed by atoms with van der Waals surface area (Å²) in [5, 5.41) is 16.6. The van der Waals surface area contributed by atoms with E-state index in [2.05, 4.69) is 15.4 Å². The molecule has 4 aromatic rings. The Balaban J connectivity index is 1.72. The van der Waals surface area contributed by atoms with Crippen LogP contribution >= 0.6 is 23.2 Å². The number of benzene rings is 2. The Morgan fingerprint density at radius 1 is 0.969 bits per heavy atom. The van der Waals surface area contributed by atoms with E-state index >= 15 is 0 Å². The molecule has 0 aliphatic heterocycles. The highest BCUT2D eigenvalue weighted by Gasteiger charge is 2.19. The Morgan fingerprint density at radius 2 is 1.69 bits per heavy atom. The van der Waals surface area contributed by atoms with E-state index < -0.39 is 11.9 Å². The molecule has 2 aromatic carbocycles. The number of para-hydroxylation sites is 1. The van der Waals surface area contributed by atoms with Gasteiger partial charge in [0.05, 0.1) is 27.0 Å². The zero-order valence-corrected chi connectivity index (χ0v) is 17.8. The van der Waals surface area contributed by atoms with Crippen LogP contribution in [0.3, 0.4) is 0 Å². The van der Waals surface area contributed by atoms with Gasteiger partial charge in [-0.05, 0) is 36.4 Å². The lowest BCUT2D eigenvalue weighted by Crippen LogP contribution is -2.15. The molecule has 0 saturated carbocycles. The number of hydrogen-bond acceptors (Lipinski definition) is 5. The summed E-state index contributed by atoms with van der Waals surface area (Å²) in [5.74, 6) is -1.35. The highest BCUT2D eigenvalue weighted by atomic mass is 35.5. The number of halogens is 2. The predicted molar refractivity (Wildman–Crippen MR) is 123 cm³/mol. The number of carboxylic acids is 1. The van der Waals surface area contributed by atoms with Crippen molar-refractivity contribution in [3.63, 3.8) is 0 Å². The molecule has 1 amide bonds. The molecule has 4 N–H and O–H groups in total. The summed E-state index contributed by atoms with van der Waals surface area (Å²) < 4.78 is 1.33. The van der Waals surface area contributed by atoms with E-state index in [0.29, 0.717) is 22.0 Å². The number of aromatic carboxylic acids is 1. The quantitative estimate of drug-likeness (QED) is 0.388. The first-order chi connectivity index (χ1) is 15.3. The summed E-state index contributed by atoms with van der Waals surface area (Å²) in [7, 11) is 0. The van der Waals surface area contributed by atoms with Gasteiger partial charge >= 0.3 is 5.97 Å². The smallest absolute Gasteiger partial charge is 0.356 e. The highest BCUT2D eigenvalue weighted by Crippen LogP contribution is 2.30. The average Bonchev–Trinajstić information content (AvgIpc) is 3.20. The Kier molecular flexibility index (Phi) is 5.81. The number of carboxylic acid groups (broad SMARTS) is 1. The molecule has 0 aliphatic carbocycles. The molecule has 160 valence electrons. The maximum absolute atomic E-state index is 13.1. The van der Waals surface area contributed by atoms with Crippen LogP contribution in [0.4, 0.5) is 11.6 Å². The number of anilines is 2. The first-order valence-corrected chi connectivity index (χ1v) is 10.0. The van der Waals surface area contributed by atoms with Crippen LogP contribution in [-0.2, 0) is 0 Å². The second-order valence-electron chi connectivity index (χ2n) is 6.68. The van der Waals surface area contributed by atoms with Crippen molar-refractivity contribution >= 4 is 46.7 Å². The number of rotatable bonds is 5. The van der Waals surface area contributed by atoms with E-state index in [1.54, 1.807) is 48.5 Å². The SMILES string of the molecule is Nc1ccc(Cl)c(-c2ccc(Cl)c(C(=O)Nc3cc(C(=O)O)nn3-c3ccccc3)c2)n1. The molecule has 0 spiro atoms. The topological polar surface area (TPSA) is 123 Å². The number of carbonyl (C=O) groups is 2. The Morgan fingerprint density at radius 3 is 2.41 bits per heavy atom. The first-order valence-electron chi connectivity index (χ1n) is 9.25. The van der Waals surface area contributed by atoms with E-state index in [0.717, 1.165) is 0 Å². The summed E-state index contributed by atoms with van der Waals surface area (Å²) in [6.45, 7) is 0. The predicted octanol–water partition coefficient (Wildman–Crippen LogP) is 4.77. The second-order valence-corrected chi connectivity index (χ2v) is 7.50. The summed E-state index contributed by atoms with van der Waals surface area (Å²) >= 11 is 12.5. The number of nitrogen functional groups attached to an aromatic ring is 1. The number of nitrogens with two attached hydrogens (primary N) is 1. The van der Waals surface area contributed by atoms with E-state index in [1.807, 2.05) is 6.07 Å². The normalized spacial score (nSPS) is 10.7. The van der Waals surface area contributed by atoms with Crippen molar-refractivity contribution in [1.29, 1.82) is 0 Å². The molecule has 0 fully saturated rings. The summed E-state index contributed by atoms with van der Waals surface area (Å²) in [6.07, 6.45) is 0. The molecular weight excluding hydrogens is 453 g/mol. The third-order valence-electron chi connectivity index (χ3n) is 4.52. The number of pyridine rings is 1. The van der Waals surface area contributed by atoms with Gasteiger partial charge in [-0.25, -0.2) is 14.5 Å². The molecule has 2 aromatic heterocycles. The zero-order valence-electron chi connectivity index (χ0n) is 16.3. The van der Waals surface area contributed by atoms with Gasteiger partial charge in [0, 0.05) is 11.6 Å². The highest BCUT2D eigenvalue weighted by molar-refractivity contribution is 6.35. The fourth-order valence-electron chi connectivity index (χ4n) is 3.03. The van der Waals surface area contributed by atoms with Gasteiger partial charge in [0.1, 0.15) is 11.6 Å². The van der Waals surface area contributed by atoms with Gasteiger partial charge in [0.2, 0.25) is 0 Å². The monoisotopic (exact) mass is 467 g/mol. The second kappa shape index (κ2) is 8.70. The fraction of sp³-hybridized carbons (Fsp3) is 0. The van der Waals surface area contributed by atoms with Crippen molar-refractivity contribution in [3.05, 3.63) is 88.0 Å². The molecule has 10 heteroatoms. The third kappa shape index (κ3) is 4.27. The van der Waals surface area contributed by atoms with Gasteiger partial charge < -0.3 is 16.2 Å². The molecule has 0 atom stereocenters. The van der Waals surface area contributed by atoms with Crippen molar-refractivity contribution in [3.8, 4) is 16.9 Å². The zero-order chi connectivity index (χ0) is 22.8. The Hall–Kier alpha value is -3.88. The summed E-state index contributed by atoms with van der Waals surface area (Å²) in [6, 6.07) is 18.0. The molecular formula is C22H15Cl2N5O3. The van der Waals surface area contributed by atoms with Crippen LogP contribution in [0, 0.1) is 0 Å². The lowest BCUT2D eigenvalue weighted by Gasteiger charge is -2.11. The molecule has 0 saturated heterocycles. The minimum Gasteiger partial charge on any atom is -0.476 e. The fourth-order valence-corrected chi connectivity index (χ4v) is 3.45. The van der Waals surface area contributed by atoms with Crippen molar-refractivity contribution in [2.45, 2.75) is 0 Å². The minimum absolute atomic E-state index is 0.141. The molecule has 0 aliphatic rings. The van der Waals surface area contributed by atoms with Crippen molar-refractivity contribution < 1.29 is 14.7 Å². The minimum atomic E-state index is -1.22. The number of carbonyl (C=O) groups excluding carboxylic acids is 1. The standard InChI is InChI=1S/C22H15Cl2N5O3/c23-15-7-6-12(20-16(24)8-9-18(25)26-20)10-14(15)21(30)27-19-11-17(22(31)32)28-29(19)13-4-2-1-3-5-13/h1-11H,(H2,25,26)(H,27,30)(H,31,32). The molecule has 4 rings (SSSR count). The summed E-state index contributed by atoms with van der Waals surface area (Å²) in [4.78, 5) is 28.7. The van der Waals surface area contributed by atoms with Gasteiger partial charge in [-0.15, -0.1) is 0 Å². The summed E-state index contributed by atoms with van der Waals surface area (Å²) in [5.41, 5.74) is 7.20. The van der Waals surface area contributed by atoms with E-state index in [9.17, 15) is 14.7 Å². The van der Waals surface area contributed by atoms with Crippen LogP contribution in [0.1, 0.15) is 20.8 Å². The lowest BCUT2D eigenvalue weighted by atomic mass is 10.1. The first kappa shape index (κ1) is 21.4. The molecule has 8 nitrogen and oxygen atoms in total. The molecule has 0 unspecified atom stereocenters. The van der Waals surface area contributed by atoms with Crippen LogP contribution in [0.25, 0.3) is 16.9 Å². The van der Waals surface area contributed by atoms with Crippen LogP contribution in [0.5, 0.6) is 0 Å². The van der Waals surface area contributed by atoms with Gasteiger partial charge in [-0.2, -0.15) is 5.10 Å². The number of hydrogen-bond donors (Lipinski definition) is 3. The maximum Gasteiger partial charge on any atom is 0.356 e. The van der Waals surface area contributed by atoms with Crippen LogP contribution in [0.15, 0.2) is 66.7 Å². The largest absolute Gasteiger partial charge is 0.476 e. The molecule has 2 heterocycles. The lowest BCUT2D eigenvalue weighted by molar-refractivity contribution is 0.0689. The number of nitrogens with zero attached hydrogens (tertiary/aromatic N) is 3. The van der Waals surface area contributed by atoms with Gasteiger partial charge in [-0.1, -0.05) is 47.5 Å². The van der Waals surface area contributed by atoms with Crippen molar-refractivity contribution in [2.24, 2.45) is 0 Å². The van der Waals surface area contributed by atoms with Crippen molar-refractivity contribution in [1.82, 2.24) is 14.8 Å². The Bertz CT molecular complexity index is 1340. The molecule has 32 heavy (non-hydrogen) atoms. The molecule has 0 radical (unpaired) electrons. The molecule has 0 bridgehead atoms. The van der Waals surface area contributed by atoms with Gasteiger partial charge in [-0.3, -0.25) is 4.79 Å². The number of aromatic nitrogens is 3. The van der Waals surface area contributed by atoms with E-state index in [4.69, 9.17) is 28.9 Å². The van der Waals surface area contributed by atoms with E-state index in [1.165, 1.54) is 16.8 Å². The van der Waals surface area contributed by atoms with E-state index in [-0.39, 0.29) is 27.9 Å². The van der Waals surface area contributed by atoms with Crippen molar-refractivity contribution in [2.75, 3.05) is 11.1 Å². The number of amides is 1. The maximum atomic E-state index is 13.1. The van der Waals surface area contributed by atoms with Crippen LogP contribution in [0.2, 0.25) is 10.0 Å². The van der Waals surface area contributed by atoms with Crippen LogP contribution < -0.4 is 11.1 Å². The van der Waals surface area contributed by atoms with Gasteiger partial charge in [0.15, 0.2) is 5.69 Å². The Labute approximate surface area is 192 Å².